The second-order valence-electron chi connectivity index (χ2n) is 4.51. The maximum absolute atomic E-state index is 5.41. The Morgan fingerprint density at radius 2 is 1.95 bits per heavy atom. The topological polar surface area (TPSA) is 21.7 Å². The van der Waals surface area contributed by atoms with Crippen molar-refractivity contribution in [3.63, 3.8) is 0 Å². The number of hydrogen-bond acceptors (Lipinski definition) is 3. The van der Waals surface area contributed by atoms with Gasteiger partial charge in [0.2, 0.25) is 0 Å². The summed E-state index contributed by atoms with van der Waals surface area (Å²) in [4.78, 5) is 2.30. The Balaban J connectivity index is 0.00000180. The lowest BCUT2D eigenvalue weighted by Crippen LogP contribution is -2.34. The van der Waals surface area contributed by atoms with Crippen molar-refractivity contribution in [3.05, 3.63) is 23.3 Å². The van der Waals surface area contributed by atoms with Gasteiger partial charge in [-0.3, -0.25) is 4.90 Å². The second-order valence-corrected chi connectivity index (χ2v) is 4.51. The third-order valence-corrected chi connectivity index (χ3v) is 3.61. The highest BCUT2D eigenvalue weighted by atomic mass is 35.5. The SMILES string of the molecule is C#CCN1CCc2cc(OC)c(OC)cc2[C@@H]1C.Cl. The first kappa shape index (κ1) is 15.7. The van der Waals surface area contributed by atoms with Crippen molar-refractivity contribution in [2.24, 2.45) is 0 Å². The Hall–Kier alpha value is -1.37. The summed E-state index contributed by atoms with van der Waals surface area (Å²) in [6.07, 6.45) is 6.41. The van der Waals surface area contributed by atoms with E-state index in [4.69, 9.17) is 15.9 Å². The maximum atomic E-state index is 5.41. The van der Waals surface area contributed by atoms with E-state index in [1.807, 2.05) is 0 Å². The molecule has 2 rings (SSSR count). The molecular formula is C15H20ClNO2. The first-order valence-corrected chi connectivity index (χ1v) is 6.13. The highest BCUT2D eigenvalue weighted by Crippen LogP contribution is 2.37. The van der Waals surface area contributed by atoms with Crippen molar-refractivity contribution in [1.29, 1.82) is 0 Å². The molecule has 1 heterocycles. The summed E-state index contributed by atoms with van der Waals surface area (Å²) in [5.41, 5.74) is 2.61. The molecule has 0 spiro atoms. The Morgan fingerprint density at radius 1 is 1.32 bits per heavy atom. The third kappa shape index (κ3) is 2.97. The van der Waals surface area contributed by atoms with Crippen LogP contribution in [-0.2, 0) is 6.42 Å². The molecule has 104 valence electrons. The van der Waals surface area contributed by atoms with Gasteiger partial charge in [-0.05, 0) is 36.6 Å². The normalized spacial score (nSPS) is 17.9. The van der Waals surface area contributed by atoms with Gasteiger partial charge in [0.1, 0.15) is 0 Å². The van der Waals surface area contributed by atoms with E-state index in [1.165, 1.54) is 11.1 Å². The van der Waals surface area contributed by atoms with Gasteiger partial charge in [0, 0.05) is 12.6 Å². The van der Waals surface area contributed by atoms with Gasteiger partial charge in [-0.1, -0.05) is 5.92 Å². The molecule has 0 aliphatic carbocycles. The number of ether oxygens (including phenoxy) is 2. The molecule has 3 nitrogen and oxygen atoms in total. The van der Waals surface area contributed by atoms with Crippen LogP contribution in [0, 0.1) is 12.3 Å². The molecule has 0 aromatic heterocycles. The predicted octanol–water partition coefficient (Wildman–Crippen LogP) is 2.68. The van der Waals surface area contributed by atoms with Gasteiger partial charge < -0.3 is 9.47 Å². The molecule has 0 unspecified atom stereocenters. The van der Waals surface area contributed by atoms with Crippen molar-refractivity contribution in [2.45, 2.75) is 19.4 Å². The zero-order valence-corrected chi connectivity index (χ0v) is 12.4. The highest BCUT2D eigenvalue weighted by Gasteiger charge is 2.25. The fourth-order valence-electron chi connectivity index (χ4n) is 2.53. The predicted molar refractivity (Wildman–Crippen MR) is 79.3 cm³/mol. The van der Waals surface area contributed by atoms with E-state index in [2.05, 4.69) is 29.9 Å². The van der Waals surface area contributed by atoms with E-state index >= 15 is 0 Å². The minimum Gasteiger partial charge on any atom is -0.493 e. The van der Waals surface area contributed by atoms with Gasteiger partial charge in [0.25, 0.3) is 0 Å². The second kappa shape index (κ2) is 6.70. The van der Waals surface area contributed by atoms with E-state index in [1.54, 1.807) is 14.2 Å². The number of hydrogen-bond donors (Lipinski definition) is 0. The monoisotopic (exact) mass is 281 g/mol. The number of fused-ring (bicyclic) bond motifs is 1. The van der Waals surface area contributed by atoms with Crippen LogP contribution in [0.15, 0.2) is 12.1 Å². The average molecular weight is 282 g/mol. The van der Waals surface area contributed by atoms with Crippen molar-refractivity contribution >= 4 is 12.4 Å². The smallest absolute Gasteiger partial charge is 0.161 e. The minimum atomic E-state index is 0. The first-order valence-electron chi connectivity index (χ1n) is 6.13. The van der Waals surface area contributed by atoms with E-state index in [0.717, 1.165) is 24.5 Å². The van der Waals surface area contributed by atoms with Gasteiger partial charge >= 0.3 is 0 Å². The molecule has 1 atom stereocenters. The molecule has 0 saturated carbocycles. The van der Waals surface area contributed by atoms with Crippen LogP contribution >= 0.6 is 12.4 Å². The molecule has 0 radical (unpaired) electrons. The zero-order valence-electron chi connectivity index (χ0n) is 11.6. The van der Waals surface area contributed by atoms with Crippen LogP contribution in [0.2, 0.25) is 0 Å². The van der Waals surface area contributed by atoms with Crippen LogP contribution in [-0.4, -0.2) is 32.2 Å². The Morgan fingerprint density at radius 3 is 2.53 bits per heavy atom. The Labute approximate surface area is 121 Å². The summed E-state index contributed by atoms with van der Waals surface area (Å²) in [7, 11) is 3.33. The molecule has 1 aliphatic heterocycles. The van der Waals surface area contributed by atoms with Gasteiger partial charge in [0.05, 0.1) is 20.8 Å². The molecule has 0 bridgehead atoms. The molecule has 1 aliphatic rings. The molecular weight excluding hydrogens is 262 g/mol. The van der Waals surface area contributed by atoms with E-state index < -0.39 is 0 Å². The molecule has 1 aromatic rings. The Kier molecular flexibility index (Phi) is 5.53. The molecule has 0 N–H and O–H groups in total. The average Bonchev–Trinajstić information content (AvgIpc) is 2.41. The standard InChI is InChI=1S/C15H19NO2.ClH/c1-5-7-16-8-6-12-9-14(17-3)15(18-4)10-13(12)11(16)2;/h1,9-11H,6-8H2,2-4H3;1H/t11-;/m0./s1. The number of methoxy groups -OCH3 is 2. The van der Waals surface area contributed by atoms with E-state index in [0.29, 0.717) is 12.6 Å². The van der Waals surface area contributed by atoms with E-state index in [9.17, 15) is 0 Å². The van der Waals surface area contributed by atoms with Gasteiger partial charge in [-0.25, -0.2) is 0 Å². The van der Waals surface area contributed by atoms with Crippen molar-refractivity contribution < 1.29 is 9.47 Å². The van der Waals surface area contributed by atoms with Crippen LogP contribution in [0.1, 0.15) is 24.1 Å². The number of nitrogens with zero attached hydrogens (tertiary/aromatic N) is 1. The van der Waals surface area contributed by atoms with Crippen molar-refractivity contribution in [2.75, 3.05) is 27.3 Å². The molecule has 0 fully saturated rings. The first-order chi connectivity index (χ1) is 8.71. The largest absolute Gasteiger partial charge is 0.493 e. The van der Waals surface area contributed by atoms with Crippen molar-refractivity contribution in [1.82, 2.24) is 4.90 Å². The van der Waals surface area contributed by atoms with Gasteiger partial charge in [-0.2, -0.15) is 0 Å². The third-order valence-electron chi connectivity index (χ3n) is 3.61. The fraction of sp³-hybridized carbons (Fsp3) is 0.467. The van der Waals surface area contributed by atoms with E-state index in [-0.39, 0.29) is 12.4 Å². The molecule has 0 amide bonds. The number of halogens is 1. The molecule has 19 heavy (non-hydrogen) atoms. The van der Waals surface area contributed by atoms with Gasteiger partial charge in [0.15, 0.2) is 11.5 Å². The highest BCUT2D eigenvalue weighted by molar-refractivity contribution is 5.85. The summed E-state index contributed by atoms with van der Waals surface area (Å²) >= 11 is 0. The lowest BCUT2D eigenvalue weighted by molar-refractivity contribution is 0.223. The summed E-state index contributed by atoms with van der Waals surface area (Å²) < 4.78 is 10.7. The van der Waals surface area contributed by atoms with Crippen LogP contribution in [0.5, 0.6) is 11.5 Å². The zero-order chi connectivity index (χ0) is 13.1. The Bertz CT molecular complexity index is 482. The molecule has 4 heteroatoms. The molecule has 1 aromatic carbocycles. The van der Waals surface area contributed by atoms with Crippen LogP contribution in [0.4, 0.5) is 0 Å². The minimum absolute atomic E-state index is 0. The fourth-order valence-corrected chi connectivity index (χ4v) is 2.53. The van der Waals surface area contributed by atoms with Crippen molar-refractivity contribution in [3.8, 4) is 23.8 Å². The van der Waals surface area contributed by atoms with Gasteiger partial charge in [-0.15, -0.1) is 18.8 Å². The lowest BCUT2D eigenvalue weighted by Gasteiger charge is -2.34. The number of rotatable bonds is 3. The van der Waals surface area contributed by atoms with Crippen LogP contribution in [0.25, 0.3) is 0 Å². The lowest BCUT2D eigenvalue weighted by atomic mass is 9.93. The molecule has 0 saturated heterocycles. The summed E-state index contributed by atoms with van der Waals surface area (Å²) in [5, 5.41) is 0. The number of terminal acetylenes is 1. The number of benzene rings is 1. The van der Waals surface area contributed by atoms with Crippen LogP contribution < -0.4 is 9.47 Å². The summed E-state index contributed by atoms with van der Waals surface area (Å²) in [5.74, 6) is 4.30. The summed E-state index contributed by atoms with van der Waals surface area (Å²) in [6, 6.07) is 4.48. The maximum Gasteiger partial charge on any atom is 0.161 e. The summed E-state index contributed by atoms with van der Waals surface area (Å²) in [6.45, 7) is 3.87. The quantitative estimate of drug-likeness (QED) is 0.795. The van der Waals surface area contributed by atoms with Crippen LogP contribution in [0.3, 0.4) is 0 Å².